The highest BCUT2D eigenvalue weighted by Crippen LogP contribution is 2.32. The van der Waals surface area contributed by atoms with E-state index in [4.69, 9.17) is 15.6 Å². The average molecular weight is 236 g/mol. The van der Waals surface area contributed by atoms with Gasteiger partial charge in [-0.3, -0.25) is 4.79 Å². The number of carbonyl (C=O) groups excluding carboxylic acids is 1. The number of carbonyl (C=O) groups is 1. The van der Waals surface area contributed by atoms with Gasteiger partial charge in [0.25, 0.3) is 5.91 Å². The Balaban J connectivity index is 2.32. The van der Waals surface area contributed by atoms with Crippen molar-refractivity contribution >= 4 is 11.6 Å². The Morgan fingerprint density at radius 1 is 1.59 bits per heavy atom. The van der Waals surface area contributed by atoms with Gasteiger partial charge in [0.05, 0.1) is 5.69 Å². The minimum atomic E-state index is -0.619. The zero-order valence-corrected chi connectivity index (χ0v) is 9.69. The number of ether oxygens (including phenoxy) is 1. The number of benzene rings is 1. The van der Waals surface area contributed by atoms with Crippen LogP contribution in [0.5, 0.6) is 5.75 Å². The molecule has 0 saturated heterocycles. The van der Waals surface area contributed by atoms with Crippen molar-refractivity contribution in [2.75, 3.05) is 18.5 Å². The molecule has 5 nitrogen and oxygen atoms in total. The molecule has 0 radical (unpaired) electrons. The molecule has 1 atom stereocenters. The van der Waals surface area contributed by atoms with E-state index >= 15 is 0 Å². The Kier molecular flexibility index (Phi) is 3.04. The summed E-state index contributed by atoms with van der Waals surface area (Å²) in [6.07, 6.45) is 0.459. The Hall–Kier alpha value is -1.59. The molecule has 0 aliphatic carbocycles. The summed E-state index contributed by atoms with van der Waals surface area (Å²) in [7, 11) is 0. The monoisotopic (exact) mass is 236 g/mol. The Morgan fingerprint density at radius 3 is 3.06 bits per heavy atom. The first-order valence-corrected chi connectivity index (χ1v) is 5.50. The van der Waals surface area contributed by atoms with Gasteiger partial charge in [0.15, 0.2) is 6.61 Å². The van der Waals surface area contributed by atoms with Gasteiger partial charge >= 0.3 is 0 Å². The van der Waals surface area contributed by atoms with Gasteiger partial charge in [0, 0.05) is 12.1 Å². The maximum Gasteiger partial charge on any atom is 0.262 e. The van der Waals surface area contributed by atoms with Gasteiger partial charge in [0.1, 0.15) is 5.75 Å². The Labute approximate surface area is 99.6 Å². The van der Waals surface area contributed by atoms with Crippen LogP contribution in [-0.4, -0.2) is 24.2 Å². The van der Waals surface area contributed by atoms with Crippen molar-refractivity contribution in [3.05, 3.63) is 23.8 Å². The first-order valence-electron chi connectivity index (χ1n) is 5.50. The maximum absolute atomic E-state index is 11.2. The van der Waals surface area contributed by atoms with E-state index in [9.17, 15) is 4.79 Å². The summed E-state index contributed by atoms with van der Waals surface area (Å²) in [5.74, 6) is 0.476. The summed E-state index contributed by atoms with van der Waals surface area (Å²) in [6, 6.07) is 5.43. The van der Waals surface area contributed by atoms with E-state index < -0.39 is 5.54 Å². The first kappa shape index (κ1) is 11.9. The van der Waals surface area contributed by atoms with Crippen LogP contribution in [0.15, 0.2) is 18.2 Å². The number of hydrogen-bond acceptors (Lipinski definition) is 4. The number of aliphatic hydroxyl groups is 1. The molecule has 0 saturated carbocycles. The van der Waals surface area contributed by atoms with Crippen molar-refractivity contribution in [1.82, 2.24) is 0 Å². The molecule has 1 aliphatic heterocycles. The largest absolute Gasteiger partial charge is 0.482 e. The van der Waals surface area contributed by atoms with Gasteiger partial charge in [-0.1, -0.05) is 6.07 Å². The number of amides is 1. The van der Waals surface area contributed by atoms with Crippen LogP contribution >= 0.6 is 0 Å². The lowest BCUT2D eigenvalue weighted by atomic mass is 9.89. The molecule has 0 bridgehead atoms. The van der Waals surface area contributed by atoms with E-state index in [1.54, 1.807) is 12.1 Å². The predicted molar refractivity (Wildman–Crippen MR) is 63.8 cm³/mol. The van der Waals surface area contributed by atoms with E-state index in [1.807, 2.05) is 13.0 Å². The second-order valence-corrected chi connectivity index (χ2v) is 4.44. The van der Waals surface area contributed by atoms with E-state index in [1.165, 1.54) is 0 Å². The average Bonchev–Trinajstić information content (AvgIpc) is 2.28. The third kappa shape index (κ3) is 2.40. The summed E-state index contributed by atoms with van der Waals surface area (Å²) >= 11 is 0. The molecule has 0 fully saturated rings. The molecule has 1 aromatic rings. The van der Waals surface area contributed by atoms with E-state index in [0.29, 0.717) is 17.9 Å². The van der Waals surface area contributed by atoms with Crippen molar-refractivity contribution in [2.24, 2.45) is 5.73 Å². The Morgan fingerprint density at radius 2 is 2.35 bits per heavy atom. The first-order chi connectivity index (χ1) is 8.03. The van der Waals surface area contributed by atoms with Gasteiger partial charge in [0.2, 0.25) is 0 Å². The molecule has 17 heavy (non-hydrogen) atoms. The predicted octanol–water partition coefficient (Wildman–Crippen LogP) is 0.574. The zero-order chi connectivity index (χ0) is 12.5. The second-order valence-electron chi connectivity index (χ2n) is 4.44. The number of anilines is 1. The van der Waals surface area contributed by atoms with Crippen molar-refractivity contribution in [1.29, 1.82) is 0 Å². The number of nitrogens with two attached hydrogens (primary N) is 1. The van der Waals surface area contributed by atoms with Gasteiger partial charge in [-0.15, -0.1) is 0 Å². The lowest BCUT2D eigenvalue weighted by Crippen LogP contribution is -2.34. The minimum Gasteiger partial charge on any atom is -0.482 e. The molecule has 92 valence electrons. The van der Waals surface area contributed by atoms with Crippen molar-refractivity contribution in [3.8, 4) is 5.75 Å². The molecule has 1 amide bonds. The zero-order valence-electron chi connectivity index (χ0n) is 9.69. The smallest absolute Gasteiger partial charge is 0.262 e. The molecular formula is C12H16N2O3. The summed E-state index contributed by atoms with van der Waals surface area (Å²) in [5, 5.41) is 11.7. The SMILES string of the molecule is CC(N)(CCO)c1ccc2c(c1)NC(=O)CO2. The van der Waals surface area contributed by atoms with Crippen LogP contribution in [0.3, 0.4) is 0 Å². The summed E-state index contributed by atoms with van der Waals surface area (Å²) in [5.41, 5.74) is 6.97. The summed E-state index contributed by atoms with van der Waals surface area (Å²) in [4.78, 5) is 11.2. The summed E-state index contributed by atoms with van der Waals surface area (Å²) < 4.78 is 5.26. The lowest BCUT2D eigenvalue weighted by Gasteiger charge is -2.26. The molecule has 1 aromatic carbocycles. The second kappa shape index (κ2) is 4.35. The molecule has 0 aromatic heterocycles. The van der Waals surface area contributed by atoms with Crippen molar-refractivity contribution < 1.29 is 14.6 Å². The highest BCUT2D eigenvalue weighted by molar-refractivity contribution is 5.95. The van der Waals surface area contributed by atoms with Crippen molar-refractivity contribution in [2.45, 2.75) is 18.9 Å². The molecule has 2 rings (SSSR count). The lowest BCUT2D eigenvalue weighted by molar-refractivity contribution is -0.118. The molecule has 1 aliphatic rings. The molecule has 1 heterocycles. The fourth-order valence-electron chi connectivity index (χ4n) is 1.81. The maximum atomic E-state index is 11.2. The standard InChI is InChI=1S/C12H16N2O3/c1-12(13,4-5-15)8-2-3-10-9(6-8)14-11(16)7-17-10/h2-3,6,15H,4-5,7,13H2,1H3,(H,14,16). The van der Waals surface area contributed by atoms with Gasteiger partial charge < -0.3 is 20.9 Å². The number of rotatable bonds is 3. The van der Waals surface area contributed by atoms with Crippen LogP contribution in [-0.2, 0) is 10.3 Å². The number of nitrogens with one attached hydrogen (secondary N) is 1. The molecule has 5 heteroatoms. The topological polar surface area (TPSA) is 84.6 Å². The van der Waals surface area contributed by atoms with Crippen LogP contribution in [0.2, 0.25) is 0 Å². The third-order valence-corrected chi connectivity index (χ3v) is 2.90. The number of hydrogen-bond donors (Lipinski definition) is 3. The van der Waals surface area contributed by atoms with Crippen LogP contribution < -0.4 is 15.8 Å². The number of aliphatic hydroxyl groups excluding tert-OH is 1. The highest BCUT2D eigenvalue weighted by atomic mass is 16.5. The van der Waals surface area contributed by atoms with Crippen LogP contribution in [0.25, 0.3) is 0 Å². The molecule has 0 spiro atoms. The number of fused-ring (bicyclic) bond motifs is 1. The molecule has 1 unspecified atom stereocenters. The molecular weight excluding hydrogens is 220 g/mol. The highest BCUT2D eigenvalue weighted by Gasteiger charge is 2.23. The van der Waals surface area contributed by atoms with E-state index in [2.05, 4.69) is 5.32 Å². The van der Waals surface area contributed by atoms with Crippen molar-refractivity contribution in [3.63, 3.8) is 0 Å². The summed E-state index contributed by atoms with van der Waals surface area (Å²) in [6.45, 7) is 1.91. The van der Waals surface area contributed by atoms with Crippen LogP contribution in [0, 0.1) is 0 Å². The van der Waals surface area contributed by atoms with Gasteiger partial charge in [-0.2, -0.15) is 0 Å². The minimum absolute atomic E-state index is 0.0208. The van der Waals surface area contributed by atoms with Crippen LogP contribution in [0.1, 0.15) is 18.9 Å². The van der Waals surface area contributed by atoms with E-state index in [0.717, 1.165) is 5.56 Å². The quantitative estimate of drug-likeness (QED) is 0.716. The molecule has 4 N–H and O–H groups in total. The fraction of sp³-hybridized carbons (Fsp3) is 0.417. The van der Waals surface area contributed by atoms with E-state index in [-0.39, 0.29) is 19.1 Å². The third-order valence-electron chi connectivity index (χ3n) is 2.90. The van der Waals surface area contributed by atoms with Gasteiger partial charge in [-0.25, -0.2) is 0 Å². The van der Waals surface area contributed by atoms with Gasteiger partial charge in [-0.05, 0) is 31.0 Å². The fourth-order valence-corrected chi connectivity index (χ4v) is 1.81. The Bertz CT molecular complexity index is 443. The van der Waals surface area contributed by atoms with Crippen LogP contribution in [0.4, 0.5) is 5.69 Å². The normalized spacial score (nSPS) is 17.7.